The SMILES string of the molecule is COC(=O)c1cc([N+](=O)[O-])ccc1C=CCNC(=O)OC(C)(C)C. The molecule has 0 aliphatic carbocycles. The number of amides is 1. The van der Waals surface area contributed by atoms with Gasteiger partial charge >= 0.3 is 12.1 Å². The first-order chi connectivity index (χ1) is 11.1. The molecule has 1 aromatic rings. The molecule has 0 heterocycles. The van der Waals surface area contributed by atoms with Crippen molar-refractivity contribution in [1.82, 2.24) is 5.32 Å². The van der Waals surface area contributed by atoms with E-state index in [4.69, 9.17) is 4.74 Å². The van der Waals surface area contributed by atoms with E-state index < -0.39 is 22.6 Å². The number of nitrogens with one attached hydrogen (secondary N) is 1. The van der Waals surface area contributed by atoms with Crippen molar-refractivity contribution in [2.24, 2.45) is 0 Å². The number of hydrogen-bond donors (Lipinski definition) is 1. The van der Waals surface area contributed by atoms with Crippen LogP contribution in [0.4, 0.5) is 10.5 Å². The van der Waals surface area contributed by atoms with Gasteiger partial charge in [0.15, 0.2) is 0 Å². The molecule has 0 aromatic heterocycles. The Morgan fingerprint density at radius 2 is 2.00 bits per heavy atom. The first-order valence-electron chi connectivity index (χ1n) is 7.14. The zero-order chi connectivity index (χ0) is 18.3. The average Bonchev–Trinajstić information content (AvgIpc) is 2.49. The maximum absolute atomic E-state index is 11.7. The second-order valence-electron chi connectivity index (χ2n) is 5.81. The highest BCUT2D eigenvalue weighted by atomic mass is 16.6. The molecule has 0 saturated heterocycles. The molecule has 0 unspecified atom stereocenters. The minimum absolute atomic E-state index is 0.0696. The van der Waals surface area contributed by atoms with Gasteiger partial charge in [0.2, 0.25) is 0 Å². The molecule has 0 radical (unpaired) electrons. The van der Waals surface area contributed by atoms with Crippen LogP contribution in [0.3, 0.4) is 0 Å². The Balaban J connectivity index is 2.81. The Morgan fingerprint density at radius 3 is 2.54 bits per heavy atom. The molecule has 0 fully saturated rings. The number of benzene rings is 1. The smallest absolute Gasteiger partial charge is 0.407 e. The molecule has 0 aliphatic heterocycles. The molecule has 0 aliphatic rings. The number of non-ortho nitro benzene ring substituents is 1. The second kappa shape index (κ2) is 8.09. The first-order valence-corrected chi connectivity index (χ1v) is 7.14. The van der Waals surface area contributed by atoms with E-state index in [-0.39, 0.29) is 17.8 Å². The van der Waals surface area contributed by atoms with E-state index in [1.165, 1.54) is 19.2 Å². The van der Waals surface area contributed by atoms with Gasteiger partial charge in [-0.15, -0.1) is 0 Å². The number of ether oxygens (including phenoxy) is 2. The average molecular weight is 336 g/mol. The maximum Gasteiger partial charge on any atom is 0.407 e. The lowest BCUT2D eigenvalue weighted by Crippen LogP contribution is -2.32. The summed E-state index contributed by atoms with van der Waals surface area (Å²) in [6.45, 7) is 5.43. The van der Waals surface area contributed by atoms with Crippen molar-refractivity contribution in [3.8, 4) is 0 Å². The third kappa shape index (κ3) is 6.07. The Kier molecular flexibility index (Phi) is 6.46. The van der Waals surface area contributed by atoms with Crippen LogP contribution in [0.25, 0.3) is 6.08 Å². The number of esters is 1. The minimum atomic E-state index is -0.682. The van der Waals surface area contributed by atoms with Gasteiger partial charge in [0.05, 0.1) is 17.6 Å². The van der Waals surface area contributed by atoms with Gasteiger partial charge in [0.1, 0.15) is 5.60 Å². The zero-order valence-corrected chi connectivity index (χ0v) is 14.0. The van der Waals surface area contributed by atoms with Gasteiger partial charge < -0.3 is 14.8 Å². The van der Waals surface area contributed by atoms with E-state index in [2.05, 4.69) is 10.1 Å². The van der Waals surface area contributed by atoms with E-state index in [0.717, 1.165) is 6.07 Å². The van der Waals surface area contributed by atoms with Crippen molar-refractivity contribution in [2.45, 2.75) is 26.4 Å². The van der Waals surface area contributed by atoms with Crippen LogP contribution >= 0.6 is 0 Å². The topological polar surface area (TPSA) is 108 Å². The Morgan fingerprint density at radius 1 is 1.33 bits per heavy atom. The largest absolute Gasteiger partial charge is 0.465 e. The lowest BCUT2D eigenvalue weighted by molar-refractivity contribution is -0.384. The molecular weight excluding hydrogens is 316 g/mol. The maximum atomic E-state index is 11.7. The molecule has 8 heteroatoms. The van der Waals surface area contributed by atoms with Crippen LogP contribution in [0.2, 0.25) is 0 Å². The molecule has 0 saturated carbocycles. The fourth-order valence-electron chi connectivity index (χ4n) is 1.73. The molecular formula is C16H20N2O6. The summed E-state index contributed by atoms with van der Waals surface area (Å²) in [6, 6.07) is 3.87. The number of nitro benzene ring substituents is 1. The van der Waals surface area contributed by atoms with Crippen molar-refractivity contribution in [3.05, 3.63) is 45.5 Å². The number of carbonyl (C=O) groups is 2. The molecule has 24 heavy (non-hydrogen) atoms. The summed E-state index contributed by atoms with van der Waals surface area (Å²) in [7, 11) is 1.19. The van der Waals surface area contributed by atoms with E-state index >= 15 is 0 Å². The third-order valence-electron chi connectivity index (χ3n) is 2.71. The Hall–Kier alpha value is -2.90. The predicted molar refractivity (Wildman–Crippen MR) is 87.7 cm³/mol. The van der Waals surface area contributed by atoms with E-state index in [0.29, 0.717) is 5.56 Å². The fourth-order valence-corrected chi connectivity index (χ4v) is 1.73. The number of alkyl carbamates (subject to hydrolysis) is 1. The summed E-state index contributed by atoms with van der Waals surface area (Å²) in [5.74, 6) is -0.682. The van der Waals surface area contributed by atoms with Crippen LogP contribution in [-0.2, 0) is 9.47 Å². The van der Waals surface area contributed by atoms with Crippen LogP contribution in [0.5, 0.6) is 0 Å². The number of methoxy groups -OCH3 is 1. The fraction of sp³-hybridized carbons (Fsp3) is 0.375. The molecule has 1 aromatic carbocycles. The molecule has 1 rings (SSSR count). The number of hydrogen-bond acceptors (Lipinski definition) is 6. The normalized spacial score (nSPS) is 11.2. The molecule has 1 N–H and O–H groups in total. The number of carbonyl (C=O) groups excluding carboxylic acids is 2. The van der Waals surface area contributed by atoms with Crippen molar-refractivity contribution in [3.63, 3.8) is 0 Å². The Bertz CT molecular complexity index is 661. The van der Waals surface area contributed by atoms with Crippen molar-refractivity contribution >= 4 is 23.8 Å². The van der Waals surface area contributed by atoms with Crippen molar-refractivity contribution in [2.75, 3.05) is 13.7 Å². The summed E-state index contributed by atoms with van der Waals surface area (Å²) in [5, 5.41) is 13.3. The zero-order valence-electron chi connectivity index (χ0n) is 14.0. The van der Waals surface area contributed by atoms with Crippen LogP contribution in [0.1, 0.15) is 36.7 Å². The molecule has 0 bridgehead atoms. The molecule has 0 atom stereocenters. The van der Waals surface area contributed by atoms with Gasteiger partial charge in [-0.1, -0.05) is 12.2 Å². The van der Waals surface area contributed by atoms with Gasteiger partial charge in [0.25, 0.3) is 5.69 Å². The van der Waals surface area contributed by atoms with Crippen LogP contribution in [0, 0.1) is 10.1 Å². The van der Waals surface area contributed by atoms with E-state index in [9.17, 15) is 19.7 Å². The van der Waals surface area contributed by atoms with E-state index in [1.54, 1.807) is 32.9 Å². The third-order valence-corrected chi connectivity index (χ3v) is 2.71. The Labute approximate surface area is 139 Å². The van der Waals surface area contributed by atoms with Gasteiger partial charge in [-0.3, -0.25) is 10.1 Å². The molecule has 1 amide bonds. The second-order valence-corrected chi connectivity index (χ2v) is 5.81. The highest BCUT2D eigenvalue weighted by Gasteiger charge is 2.16. The number of nitrogens with zero attached hydrogens (tertiary/aromatic N) is 1. The van der Waals surface area contributed by atoms with Crippen LogP contribution in [0.15, 0.2) is 24.3 Å². The van der Waals surface area contributed by atoms with Crippen LogP contribution in [-0.4, -0.2) is 36.2 Å². The summed E-state index contributed by atoms with van der Waals surface area (Å²) in [5.41, 5.74) is -0.289. The summed E-state index contributed by atoms with van der Waals surface area (Å²) < 4.78 is 9.70. The minimum Gasteiger partial charge on any atom is -0.465 e. The van der Waals surface area contributed by atoms with Gasteiger partial charge in [-0.25, -0.2) is 9.59 Å². The van der Waals surface area contributed by atoms with E-state index in [1.807, 2.05) is 0 Å². The van der Waals surface area contributed by atoms with Gasteiger partial charge in [-0.05, 0) is 32.4 Å². The van der Waals surface area contributed by atoms with Gasteiger partial charge in [-0.2, -0.15) is 0 Å². The molecule has 0 spiro atoms. The lowest BCUT2D eigenvalue weighted by atomic mass is 10.1. The summed E-state index contributed by atoms with van der Waals surface area (Å²) >= 11 is 0. The van der Waals surface area contributed by atoms with Crippen LogP contribution < -0.4 is 5.32 Å². The monoisotopic (exact) mass is 336 g/mol. The van der Waals surface area contributed by atoms with Crippen molar-refractivity contribution < 1.29 is 24.0 Å². The number of nitro groups is 1. The van der Waals surface area contributed by atoms with Crippen molar-refractivity contribution in [1.29, 1.82) is 0 Å². The first kappa shape index (κ1) is 19.1. The number of rotatable bonds is 5. The summed E-state index contributed by atoms with van der Waals surface area (Å²) in [6.07, 6.45) is 2.59. The highest BCUT2D eigenvalue weighted by Crippen LogP contribution is 2.20. The quantitative estimate of drug-likeness (QED) is 0.503. The molecule has 8 nitrogen and oxygen atoms in total. The highest BCUT2D eigenvalue weighted by molar-refractivity contribution is 5.94. The lowest BCUT2D eigenvalue weighted by Gasteiger charge is -2.19. The summed E-state index contributed by atoms with van der Waals surface area (Å²) in [4.78, 5) is 33.4. The molecule has 130 valence electrons. The predicted octanol–water partition coefficient (Wildman–Crippen LogP) is 2.92. The van der Waals surface area contributed by atoms with Gasteiger partial charge in [0, 0.05) is 18.7 Å². The standard InChI is InChI=1S/C16H20N2O6/c1-16(2,3)24-15(20)17-9-5-6-11-7-8-12(18(21)22)10-13(11)14(19)23-4/h5-8,10H,9H2,1-4H3,(H,17,20).